The van der Waals surface area contributed by atoms with Crippen LogP contribution in [0.4, 0.5) is 9.59 Å². The van der Waals surface area contributed by atoms with Crippen molar-refractivity contribution >= 4 is 18.0 Å². The minimum Gasteiger partial charge on any atom is -0.444 e. The Morgan fingerprint density at radius 2 is 2.05 bits per heavy atom. The van der Waals surface area contributed by atoms with Gasteiger partial charge >= 0.3 is 12.1 Å². The SMILES string of the molecule is CC(C)(C)OC(=O)N1CCC[C@]2(C1)NC(=O)NC2=O. The lowest BCUT2D eigenvalue weighted by atomic mass is 9.89. The highest BCUT2D eigenvalue weighted by Crippen LogP contribution is 2.25. The number of urea groups is 1. The van der Waals surface area contributed by atoms with Gasteiger partial charge in [0.2, 0.25) is 0 Å². The number of hydrogen-bond acceptors (Lipinski definition) is 4. The number of piperidine rings is 1. The van der Waals surface area contributed by atoms with Crippen LogP contribution in [0.15, 0.2) is 0 Å². The van der Waals surface area contributed by atoms with Gasteiger partial charge in [-0.1, -0.05) is 0 Å². The Balaban J connectivity index is 2.07. The van der Waals surface area contributed by atoms with Crippen molar-refractivity contribution in [2.24, 2.45) is 0 Å². The van der Waals surface area contributed by atoms with E-state index in [0.29, 0.717) is 19.4 Å². The van der Waals surface area contributed by atoms with Crippen molar-refractivity contribution in [3.05, 3.63) is 0 Å². The molecule has 7 nitrogen and oxygen atoms in total. The van der Waals surface area contributed by atoms with Crippen LogP contribution in [0.25, 0.3) is 0 Å². The number of amides is 4. The summed E-state index contributed by atoms with van der Waals surface area (Å²) in [5.74, 6) is -0.370. The Kier molecular flexibility index (Phi) is 3.15. The lowest BCUT2D eigenvalue weighted by Gasteiger charge is -2.38. The van der Waals surface area contributed by atoms with Crippen LogP contribution in [0.5, 0.6) is 0 Å². The first-order chi connectivity index (χ1) is 8.72. The molecule has 2 aliphatic rings. The number of likely N-dealkylation sites (tertiary alicyclic amines) is 1. The average Bonchev–Trinajstić information content (AvgIpc) is 2.51. The molecule has 0 bridgehead atoms. The van der Waals surface area contributed by atoms with E-state index in [1.165, 1.54) is 4.90 Å². The topological polar surface area (TPSA) is 87.7 Å². The molecule has 2 rings (SSSR count). The molecule has 2 fully saturated rings. The fourth-order valence-electron chi connectivity index (χ4n) is 2.35. The highest BCUT2D eigenvalue weighted by Gasteiger charge is 2.49. The molecular weight excluding hydrogens is 250 g/mol. The van der Waals surface area contributed by atoms with Gasteiger partial charge in [-0.3, -0.25) is 10.1 Å². The van der Waals surface area contributed by atoms with E-state index in [2.05, 4.69) is 10.6 Å². The van der Waals surface area contributed by atoms with Crippen LogP contribution in [0.2, 0.25) is 0 Å². The summed E-state index contributed by atoms with van der Waals surface area (Å²) in [6.45, 7) is 6.04. The maximum absolute atomic E-state index is 12.0. The molecule has 2 N–H and O–H groups in total. The first-order valence-electron chi connectivity index (χ1n) is 6.33. The van der Waals surface area contributed by atoms with Crippen LogP contribution in [0.3, 0.4) is 0 Å². The number of carbonyl (C=O) groups excluding carboxylic acids is 3. The number of rotatable bonds is 0. The molecule has 0 aromatic rings. The van der Waals surface area contributed by atoms with E-state index in [9.17, 15) is 14.4 Å². The molecule has 1 spiro atoms. The molecule has 106 valence electrons. The summed E-state index contributed by atoms with van der Waals surface area (Å²) < 4.78 is 5.28. The van der Waals surface area contributed by atoms with E-state index in [1.54, 1.807) is 20.8 Å². The van der Waals surface area contributed by atoms with E-state index >= 15 is 0 Å². The van der Waals surface area contributed by atoms with Gasteiger partial charge in [-0.15, -0.1) is 0 Å². The van der Waals surface area contributed by atoms with Gasteiger partial charge in [0.15, 0.2) is 0 Å². The van der Waals surface area contributed by atoms with Crippen molar-refractivity contribution < 1.29 is 19.1 Å². The molecule has 7 heteroatoms. The summed E-state index contributed by atoms with van der Waals surface area (Å²) in [5.41, 5.74) is -1.57. The van der Waals surface area contributed by atoms with Gasteiger partial charge in [-0.25, -0.2) is 9.59 Å². The monoisotopic (exact) mass is 269 g/mol. The zero-order valence-electron chi connectivity index (χ0n) is 11.4. The zero-order chi connectivity index (χ0) is 14.3. The third-order valence-corrected chi connectivity index (χ3v) is 3.16. The van der Waals surface area contributed by atoms with Crippen LogP contribution in [-0.2, 0) is 9.53 Å². The molecule has 2 saturated heterocycles. The molecule has 0 aromatic carbocycles. The second-order valence-corrected chi connectivity index (χ2v) is 6.00. The number of carbonyl (C=O) groups is 3. The second kappa shape index (κ2) is 4.40. The number of nitrogens with one attached hydrogen (secondary N) is 2. The molecule has 0 radical (unpaired) electrons. The number of imide groups is 1. The van der Waals surface area contributed by atoms with Crippen LogP contribution >= 0.6 is 0 Å². The quantitative estimate of drug-likeness (QED) is 0.630. The third-order valence-electron chi connectivity index (χ3n) is 3.16. The highest BCUT2D eigenvalue weighted by molar-refractivity contribution is 6.07. The van der Waals surface area contributed by atoms with Gasteiger partial charge in [0.1, 0.15) is 11.1 Å². The fourth-order valence-corrected chi connectivity index (χ4v) is 2.35. The van der Waals surface area contributed by atoms with Crippen LogP contribution in [0.1, 0.15) is 33.6 Å². The third kappa shape index (κ3) is 2.80. The lowest BCUT2D eigenvalue weighted by Crippen LogP contribution is -2.60. The van der Waals surface area contributed by atoms with E-state index in [4.69, 9.17) is 4.74 Å². The zero-order valence-corrected chi connectivity index (χ0v) is 11.4. The lowest BCUT2D eigenvalue weighted by molar-refractivity contribution is -0.125. The van der Waals surface area contributed by atoms with Gasteiger partial charge in [0.05, 0.1) is 6.54 Å². The maximum Gasteiger partial charge on any atom is 0.410 e. The number of ether oxygens (including phenoxy) is 1. The molecule has 0 aliphatic carbocycles. The van der Waals surface area contributed by atoms with Gasteiger partial charge in [-0.2, -0.15) is 0 Å². The van der Waals surface area contributed by atoms with Crippen molar-refractivity contribution in [2.75, 3.05) is 13.1 Å². The largest absolute Gasteiger partial charge is 0.444 e. The standard InChI is InChI=1S/C12H19N3O4/c1-11(2,3)19-10(18)15-6-4-5-12(7-15)8(16)13-9(17)14-12/h4-7H2,1-3H3,(H2,13,14,16,17)/t12-/m1/s1. The first kappa shape index (κ1) is 13.6. The minimum atomic E-state index is -0.994. The summed E-state index contributed by atoms with van der Waals surface area (Å²) in [6.07, 6.45) is 0.720. The molecule has 2 aliphatic heterocycles. The molecule has 0 unspecified atom stereocenters. The summed E-state index contributed by atoms with van der Waals surface area (Å²) >= 11 is 0. The normalized spacial score (nSPS) is 27.2. The summed E-state index contributed by atoms with van der Waals surface area (Å²) in [4.78, 5) is 36.6. The van der Waals surface area contributed by atoms with Crippen LogP contribution in [0, 0.1) is 0 Å². The Labute approximate surface area is 111 Å². The molecular formula is C12H19N3O4. The van der Waals surface area contributed by atoms with E-state index in [0.717, 1.165) is 0 Å². The summed E-state index contributed by atoms with van der Waals surface area (Å²) in [7, 11) is 0. The molecule has 0 saturated carbocycles. The predicted molar refractivity (Wildman–Crippen MR) is 66.4 cm³/mol. The van der Waals surface area contributed by atoms with Crippen molar-refractivity contribution in [1.82, 2.24) is 15.5 Å². The van der Waals surface area contributed by atoms with Gasteiger partial charge < -0.3 is 15.0 Å². The molecule has 4 amide bonds. The van der Waals surface area contributed by atoms with E-state index in [1.807, 2.05) is 0 Å². The van der Waals surface area contributed by atoms with Crippen molar-refractivity contribution in [3.63, 3.8) is 0 Å². The second-order valence-electron chi connectivity index (χ2n) is 6.00. The van der Waals surface area contributed by atoms with Crippen molar-refractivity contribution in [1.29, 1.82) is 0 Å². The average molecular weight is 269 g/mol. The van der Waals surface area contributed by atoms with Crippen LogP contribution < -0.4 is 10.6 Å². The van der Waals surface area contributed by atoms with E-state index in [-0.39, 0.29) is 12.5 Å². The van der Waals surface area contributed by atoms with Gasteiger partial charge in [-0.05, 0) is 33.6 Å². The fraction of sp³-hybridized carbons (Fsp3) is 0.750. The van der Waals surface area contributed by atoms with Crippen LogP contribution in [-0.4, -0.2) is 47.2 Å². The smallest absolute Gasteiger partial charge is 0.410 e. The van der Waals surface area contributed by atoms with Gasteiger partial charge in [0, 0.05) is 6.54 Å². The molecule has 2 heterocycles. The molecule has 19 heavy (non-hydrogen) atoms. The van der Waals surface area contributed by atoms with Gasteiger partial charge in [0.25, 0.3) is 5.91 Å². The predicted octanol–water partition coefficient (Wildman–Crippen LogP) is 0.596. The van der Waals surface area contributed by atoms with Crippen molar-refractivity contribution in [2.45, 2.75) is 44.8 Å². The first-order valence-corrected chi connectivity index (χ1v) is 6.33. The molecule has 0 aromatic heterocycles. The number of hydrogen-bond donors (Lipinski definition) is 2. The minimum absolute atomic E-state index is 0.152. The maximum atomic E-state index is 12.0. The van der Waals surface area contributed by atoms with Crippen molar-refractivity contribution in [3.8, 4) is 0 Å². The molecule has 1 atom stereocenters. The number of nitrogens with zero attached hydrogens (tertiary/aromatic N) is 1. The Hall–Kier alpha value is -1.79. The Bertz CT molecular complexity index is 429. The Morgan fingerprint density at radius 1 is 1.37 bits per heavy atom. The van der Waals surface area contributed by atoms with E-state index < -0.39 is 23.3 Å². The Morgan fingerprint density at radius 3 is 2.58 bits per heavy atom. The summed E-state index contributed by atoms with van der Waals surface area (Å²) in [5, 5.41) is 4.83. The summed E-state index contributed by atoms with van der Waals surface area (Å²) in [6, 6.07) is -0.504. The highest BCUT2D eigenvalue weighted by atomic mass is 16.6.